The van der Waals surface area contributed by atoms with Gasteiger partial charge in [-0.05, 0) is 26.0 Å². The van der Waals surface area contributed by atoms with E-state index in [1.54, 1.807) is 18.4 Å². The highest BCUT2D eigenvalue weighted by Crippen LogP contribution is 2.28. The maximum Gasteiger partial charge on any atom is 0.124 e. The van der Waals surface area contributed by atoms with Crippen LogP contribution in [0.2, 0.25) is 5.02 Å². The highest BCUT2D eigenvalue weighted by molar-refractivity contribution is 7.09. The Morgan fingerprint density at radius 2 is 2.21 bits per heavy atom. The van der Waals surface area contributed by atoms with Gasteiger partial charge < -0.3 is 10.1 Å². The summed E-state index contributed by atoms with van der Waals surface area (Å²) in [6.07, 6.45) is 1.82. The van der Waals surface area contributed by atoms with Crippen LogP contribution in [0.4, 0.5) is 0 Å². The molecule has 0 amide bonds. The van der Waals surface area contributed by atoms with Crippen LogP contribution in [0, 0.1) is 0 Å². The molecule has 0 saturated carbocycles. The van der Waals surface area contributed by atoms with Crippen molar-refractivity contribution in [2.45, 2.75) is 25.9 Å². The van der Waals surface area contributed by atoms with Gasteiger partial charge in [0.05, 0.1) is 12.6 Å². The van der Waals surface area contributed by atoms with E-state index in [0.717, 1.165) is 16.3 Å². The van der Waals surface area contributed by atoms with Crippen molar-refractivity contribution < 1.29 is 4.74 Å². The van der Waals surface area contributed by atoms with Gasteiger partial charge in [-0.25, -0.2) is 4.98 Å². The van der Waals surface area contributed by atoms with Crippen molar-refractivity contribution in [3.63, 3.8) is 0 Å². The zero-order chi connectivity index (χ0) is 13.9. The summed E-state index contributed by atoms with van der Waals surface area (Å²) in [5.74, 6) is 0.801. The average Bonchev–Trinajstić information content (AvgIpc) is 2.91. The van der Waals surface area contributed by atoms with Gasteiger partial charge in [0.25, 0.3) is 0 Å². The Hall–Kier alpha value is -1.10. The summed E-state index contributed by atoms with van der Waals surface area (Å²) >= 11 is 7.87. The van der Waals surface area contributed by atoms with Crippen LogP contribution >= 0.6 is 22.9 Å². The molecule has 2 rings (SSSR count). The molecule has 2 aromatic rings. The number of hydrogen-bond acceptors (Lipinski definition) is 4. The highest BCUT2D eigenvalue weighted by Gasteiger charge is 2.23. The monoisotopic (exact) mass is 296 g/mol. The zero-order valence-electron chi connectivity index (χ0n) is 11.2. The molecule has 1 heterocycles. The van der Waals surface area contributed by atoms with Crippen molar-refractivity contribution in [3.8, 4) is 5.75 Å². The third kappa shape index (κ3) is 3.26. The Morgan fingerprint density at radius 1 is 1.42 bits per heavy atom. The lowest BCUT2D eigenvalue weighted by Crippen LogP contribution is -2.36. The van der Waals surface area contributed by atoms with E-state index in [-0.39, 0.29) is 5.54 Å². The van der Waals surface area contributed by atoms with E-state index in [9.17, 15) is 0 Å². The molecule has 0 saturated heterocycles. The molecule has 0 aliphatic heterocycles. The van der Waals surface area contributed by atoms with Gasteiger partial charge in [0, 0.05) is 28.7 Å². The van der Waals surface area contributed by atoms with Crippen molar-refractivity contribution in [3.05, 3.63) is 45.4 Å². The van der Waals surface area contributed by atoms with Crippen LogP contribution in [-0.4, -0.2) is 12.1 Å². The van der Waals surface area contributed by atoms with Gasteiger partial charge in [-0.3, -0.25) is 0 Å². The van der Waals surface area contributed by atoms with E-state index in [1.165, 1.54) is 0 Å². The maximum atomic E-state index is 6.23. The summed E-state index contributed by atoms with van der Waals surface area (Å²) in [5.41, 5.74) is 0.773. The van der Waals surface area contributed by atoms with E-state index < -0.39 is 0 Å². The summed E-state index contributed by atoms with van der Waals surface area (Å²) in [5, 5.41) is 7.22. The first-order valence-electron chi connectivity index (χ1n) is 6.01. The SMILES string of the molecule is COc1cccc(Cl)c1CNC(C)(C)c1nccs1. The summed E-state index contributed by atoms with van der Waals surface area (Å²) in [7, 11) is 1.65. The Labute approximate surface area is 122 Å². The minimum atomic E-state index is -0.196. The normalized spacial score (nSPS) is 11.6. The van der Waals surface area contributed by atoms with Gasteiger partial charge >= 0.3 is 0 Å². The molecule has 0 radical (unpaired) electrons. The number of aromatic nitrogens is 1. The molecule has 1 N–H and O–H groups in total. The number of ether oxygens (including phenoxy) is 1. The lowest BCUT2D eigenvalue weighted by Gasteiger charge is -2.24. The molecular weight excluding hydrogens is 280 g/mol. The molecular formula is C14H17ClN2OS. The lowest BCUT2D eigenvalue weighted by atomic mass is 10.1. The number of methoxy groups -OCH3 is 1. The Morgan fingerprint density at radius 3 is 2.84 bits per heavy atom. The molecule has 19 heavy (non-hydrogen) atoms. The van der Waals surface area contributed by atoms with Crippen molar-refractivity contribution in [2.24, 2.45) is 0 Å². The first-order chi connectivity index (χ1) is 9.04. The van der Waals surface area contributed by atoms with E-state index in [1.807, 2.05) is 29.8 Å². The molecule has 0 spiro atoms. The van der Waals surface area contributed by atoms with Crippen molar-refractivity contribution in [1.82, 2.24) is 10.3 Å². The zero-order valence-corrected chi connectivity index (χ0v) is 12.8. The largest absolute Gasteiger partial charge is 0.496 e. The van der Waals surface area contributed by atoms with Crippen LogP contribution in [0.3, 0.4) is 0 Å². The second-order valence-electron chi connectivity index (χ2n) is 4.74. The van der Waals surface area contributed by atoms with Crippen molar-refractivity contribution in [2.75, 3.05) is 7.11 Å². The fourth-order valence-electron chi connectivity index (χ4n) is 1.82. The topological polar surface area (TPSA) is 34.1 Å². The van der Waals surface area contributed by atoms with E-state index in [2.05, 4.69) is 24.1 Å². The third-order valence-electron chi connectivity index (χ3n) is 2.97. The summed E-state index contributed by atoms with van der Waals surface area (Å²) in [6.45, 7) is 4.85. The fraction of sp³-hybridized carbons (Fsp3) is 0.357. The van der Waals surface area contributed by atoms with Crippen LogP contribution in [0.5, 0.6) is 5.75 Å². The summed E-state index contributed by atoms with van der Waals surface area (Å²) < 4.78 is 5.34. The van der Waals surface area contributed by atoms with Gasteiger partial charge in [0.1, 0.15) is 10.8 Å². The van der Waals surface area contributed by atoms with Gasteiger partial charge in [-0.2, -0.15) is 0 Å². The molecule has 1 aromatic heterocycles. The smallest absolute Gasteiger partial charge is 0.124 e. The second-order valence-corrected chi connectivity index (χ2v) is 6.04. The highest BCUT2D eigenvalue weighted by atomic mass is 35.5. The van der Waals surface area contributed by atoms with E-state index >= 15 is 0 Å². The van der Waals surface area contributed by atoms with E-state index in [4.69, 9.17) is 16.3 Å². The molecule has 0 aliphatic rings. The maximum absolute atomic E-state index is 6.23. The van der Waals surface area contributed by atoms with Crippen LogP contribution < -0.4 is 10.1 Å². The van der Waals surface area contributed by atoms with Gasteiger partial charge in [-0.15, -0.1) is 11.3 Å². The average molecular weight is 297 g/mol. The molecule has 0 fully saturated rings. The minimum absolute atomic E-state index is 0.196. The molecule has 0 bridgehead atoms. The minimum Gasteiger partial charge on any atom is -0.496 e. The Kier molecular flexibility index (Phi) is 4.45. The third-order valence-corrected chi connectivity index (χ3v) is 4.42. The summed E-state index contributed by atoms with van der Waals surface area (Å²) in [6, 6.07) is 5.67. The number of nitrogens with zero attached hydrogens (tertiary/aromatic N) is 1. The van der Waals surface area contributed by atoms with Crippen LogP contribution in [-0.2, 0) is 12.1 Å². The molecule has 0 atom stereocenters. The van der Waals surface area contributed by atoms with Crippen LogP contribution in [0.1, 0.15) is 24.4 Å². The van der Waals surface area contributed by atoms with Gasteiger partial charge in [0.2, 0.25) is 0 Å². The van der Waals surface area contributed by atoms with Crippen LogP contribution in [0.25, 0.3) is 0 Å². The second kappa shape index (κ2) is 5.90. The molecule has 102 valence electrons. The molecule has 5 heteroatoms. The van der Waals surface area contributed by atoms with Gasteiger partial charge in [-0.1, -0.05) is 17.7 Å². The Bertz CT molecular complexity index is 540. The number of rotatable bonds is 5. The van der Waals surface area contributed by atoms with Crippen molar-refractivity contribution >= 4 is 22.9 Å². The molecule has 0 aliphatic carbocycles. The lowest BCUT2D eigenvalue weighted by molar-refractivity contribution is 0.380. The van der Waals surface area contributed by atoms with Gasteiger partial charge in [0.15, 0.2) is 0 Å². The number of nitrogens with one attached hydrogen (secondary N) is 1. The van der Waals surface area contributed by atoms with Crippen LogP contribution in [0.15, 0.2) is 29.8 Å². The predicted octanol–water partition coefficient (Wildman–Crippen LogP) is 3.83. The fourth-order valence-corrected chi connectivity index (χ4v) is 2.79. The predicted molar refractivity (Wildman–Crippen MR) is 80.0 cm³/mol. The van der Waals surface area contributed by atoms with Crippen molar-refractivity contribution in [1.29, 1.82) is 0 Å². The Balaban J connectivity index is 2.15. The first kappa shape index (κ1) is 14.3. The number of thiazole rings is 1. The quantitative estimate of drug-likeness (QED) is 0.910. The standard InChI is InChI=1S/C14H17ClN2OS/c1-14(2,13-16-7-8-19-13)17-9-10-11(15)5-4-6-12(10)18-3/h4-8,17H,9H2,1-3H3. The number of benzene rings is 1. The molecule has 1 aromatic carbocycles. The number of halogens is 1. The van der Waals surface area contributed by atoms with E-state index in [0.29, 0.717) is 11.6 Å². The molecule has 0 unspecified atom stereocenters. The molecule has 3 nitrogen and oxygen atoms in total. The number of hydrogen-bond donors (Lipinski definition) is 1. The summed E-state index contributed by atoms with van der Waals surface area (Å²) in [4.78, 5) is 4.36. The first-order valence-corrected chi connectivity index (χ1v) is 7.27.